The number of carbonyl (C=O) groups is 1. The molecule has 1 aliphatic carbocycles. The number of amides is 2. The monoisotopic (exact) mass is 532 g/mol. The van der Waals surface area contributed by atoms with Crippen molar-refractivity contribution in [2.45, 2.75) is 81.5 Å². The first-order valence-corrected chi connectivity index (χ1v) is 15.0. The highest BCUT2D eigenvalue weighted by Crippen LogP contribution is 2.53. The molecule has 2 bridgehead atoms. The molecule has 0 radical (unpaired) electrons. The van der Waals surface area contributed by atoms with Crippen LogP contribution < -0.4 is 10.6 Å². The van der Waals surface area contributed by atoms with Gasteiger partial charge in [0, 0.05) is 18.1 Å². The van der Waals surface area contributed by atoms with Gasteiger partial charge in [0.2, 0.25) is 0 Å². The fourth-order valence-corrected chi connectivity index (χ4v) is 7.72. The molecule has 3 aromatic carbocycles. The summed E-state index contributed by atoms with van der Waals surface area (Å²) < 4.78 is 0. The van der Waals surface area contributed by atoms with E-state index in [1.165, 1.54) is 25.8 Å². The Morgan fingerprint density at radius 1 is 0.850 bits per heavy atom. The summed E-state index contributed by atoms with van der Waals surface area (Å²) in [6.07, 6.45) is 8.19. The first-order valence-electron chi connectivity index (χ1n) is 15.0. The van der Waals surface area contributed by atoms with Crippen LogP contribution in [0.5, 0.6) is 0 Å². The molecular weight excluding hydrogens is 492 g/mol. The lowest BCUT2D eigenvalue weighted by molar-refractivity contribution is 0.185. The Bertz CT molecular complexity index is 1270. The van der Waals surface area contributed by atoms with E-state index < -0.39 is 11.5 Å². The SMILES string of the molecule is C[C@H](NC(=O)N[C@H]1CC[C@H](CCN2[C@@H]3CC[C@H]2c2ccccc23)CC1)C(C#N)(c1ccccc1)c1ccccc1. The normalized spacial score (nSPS) is 24.6. The summed E-state index contributed by atoms with van der Waals surface area (Å²) in [5, 5.41) is 16.9. The Labute approximate surface area is 238 Å². The lowest BCUT2D eigenvalue weighted by Gasteiger charge is -2.35. The molecule has 3 atom stereocenters. The summed E-state index contributed by atoms with van der Waals surface area (Å²) in [5.74, 6) is 0.727. The number of carbonyl (C=O) groups excluding carboxylic acids is 1. The predicted molar refractivity (Wildman–Crippen MR) is 159 cm³/mol. The molecule has 2 N–H and O–H groups in total. The van der Waals surface area contributed by atoms with E-state index in [1.54, 1.807) is 11.1 Å². The maximum atomic E-state index is 13.2. The number of urea groups is 1. The first kappa shape index (κ1) is 26.6. The van der Waals surface area contributed by atoms with Gasteiger partial charge in [0.25, 0.3) is 0 Å². The minimum absolute atomic E-state index is 0.181. The van der Waals surface area contributed by atoms with E-state index in [-0.39, 0.29) is 12.1 Å². The standard InChI is InChI=1S/C35H40N4O/c1-25(35(24-36,27-10-4-2-5-11-27)28-12-6-3-7-13-28)37-34(40)38-29-18-16-26(17-19-29)22-23-39-32-20-21-33(39)31-15-9-8-14-30(31)32/h2-15,25-26,29,32-33H,16-23H2,1H3,(H2,37,38,40)/t25-,26-,29-,32-,33+/m0/s1. The molecule has 0 aromatic heterocycles. The minimum Gasteiger partial charge on any atom is -0.335 e. The number of rotatable bonds is 8. The van der Waals surface area contributed by atoms with Crippen LogP contribution in [0, 0.1) is 17.2 Å². The van der Waals surface area contributed by atoms with E-state index in [0.29, 0.717) is 12.1 Å². The molecule has 1 saturated heterocycles. The second kappa shape index (κ2) is 11.5. The molecule has 0 spiro atoms. The third kappa shape index (κ3) is 4.90. The predicted octanol–water partition coefficient (Wildman–Crippen LogP) is 7.02. The van der Waals surface area contributed by atoms with Gasteiger partial charge in [-0.15, -0.1) is 0 Å². The first-order chi connectivity index (χ1) is 19.6. The topological polar surface area (TPSA) is 68.2 Å². The highest BCUT2D eigenvalue weighted by Gasteiger charge is 2.44. The van der Waals surface area contributed by atoms with Crippen LogP contribution in [-0.2, 0) is 5.41 Å². The largest absolute Gasteiger partial charge is 0.335 e. The molecule has 1 saturated carbocycles. The summed E-state index contributed by atoms with van der Waals surface area (Å²) >= 11 is 0. The maximum absolute atomic E-state index is 13.2. The van der Waals surface area contributed by atoms with Gasteiger partial charge in [0.05, 0.1) is 12.1 Å². The van der Waals surface area contributed by atoms with Gasteiger partial charge < -0.3 is 10.6 Å². The van der Waals surface area contributed by atoms with Crippen molar-refractivity contribution in [1.29, 1.82) is 5.26 Å². The summed E-state index contributed by atoms with van der Waals surface area (Å²) in [6, 6.07) is 32.0. The van der Waals surface area contributed by atoms with Gasteiger partial charge in [-0.05, 0) is 86.6 Å². The second-order valence-electron chi connectivity index (χ2n) is 12.0. The molecule has 3 aliphatic rings. The zero-order chi connectivity index (χ0) is 27.5. The molecule has 6 rings (SSSR count). The van der Waals surface area contributed by atoms with E-state index in [4.69, 9.17) is 0 Å². The lowest BCUT2D eigenvalue weighted by atomic mass is 9.70. The molecule has 3 aromatic rings. The number of nitrogens with zero attached hydrogens (tertiary/aromatic N) is 2. The molecule has 5 nitrogen and oxygen atoms in total. The fourth-order valence-electron chi connectivity index (χ4n) is 7.72. The Morgan fingerprint density at radius 2 is 1.38 bits per heavy atom. The van der Waals surface area contributed by atoms with Crippen LogP contribution in [0.15, 0.2) is 84.9 Å². The molecule has 0 unspecified atom stereocenters. The summed E-state index contributed by atoms with van der Waals surface area (Å²) in [4.78, 5) is 15.9. The molecule has 2 aliphatic heterocycles. The van der Waals surface area contributed by atoms with Gasteiger partial charge in [-0.25, -0.2) is 4.79 Å². The summed E-state index contributed by atoms with van der Waals surface area (Å²) in [7, 11) is 0. The smallest absolute Gasteiger partial charge is 0.315 e. The zero-order valence-corrected chi connectivity index (χ0v) is 23.4. The van der Waals surface area contributed by atoms with Gasteiger partial charge in [-0.2, -0.15) is 5.26 Å². The van der Waals surface area contributed by atoms with Crippen molar-refractivity contribution in [3.05, 3.63) is 107 Å². The second-order valence-corrected chi connectivity index (χ2v) is 12.0. The molecule has 206 valence electrons. The van der Waals surface area contributed by atoms with Crippen molar-refractivity contribution < 1.29 is 4.79 Å². The van der Waals surface area contributed by atoms with Gasteiger partial charge in [0.15, 0.2) is 0 Å². The molecule has 2 fully saturated rings. The zero-order valence-electron chi connectivity index (χ0n) is 23.4. The summed E-state index contributed by atoms with van der Waals surface area (Å²) in [6.45, 7) is 3.11. The van der Waals surface area contributed by atoms with Crippen molar-refractivity contribution in [2.24, 2.45) is 5.92 Å². The molecule has 2 heterocycles. The maximum Gasteiger partial charge on any atom is 0.315 e. The van der Waals surface area contributed by atoms with E-state index in [1.807, 2.05) is 67.6 Å². The van der Waals surface area contributed by atoms with Crippen LogP contribution >= 0.6 is 0 Å². The lowest BCUT2D eigenvalue weighted by Crippen LogP contribution is -2.53. The van der Waals surface area contributed by atoms with E-state index >= 15 is 0 Å². The Balaban J connectivity index is 1.02. The summed E-state index contributed by atoms with van der Waals surface area (Å²) in [5.41, 5.74) is 3.91. The third-order valence-corrected chi connectivity index (χ3v) is 9.84. The third-order valence-electron chi connectivity index (χ3n) is 9.84. The van der Waals surface area contributed by atoms with Crippen molar-refractivity contribution in [1.82, 2.24) is 15.5 Å². The number of benzene rings is 3. The highest BCUT2D eigenvalue weighted by molar-refractivity contribution is 5.75. The molecule has 2 amide bonds. The number of nitrogens with one attached hydrogen (secondary N) is 2. The van der Waals surface area contributed by atoms with Gasteiger partial charge in [0.1, 0.15) is 5.41 Å². The number of hydrogen-bond donors (Lipinski definition) is 2. The van der Waals surface area contributed by atoms with Crippen molar-refractivity contribution in [3.8, 4) is 6.07 Å². The van der Waals surface area contributed by atoms with E-state index in [2.05, 4.69) is 45.9 Å². The van der Waals surface area contributed by atoms with Crippen LogP contribution in [0.1, 0.15) is 86.2 Å². The van der Waals surface area contributed by atoms with Gasteiger partial charge >= 0.3 is 6.03 Å². The number of nitriles is 1. The number of fused-ring (bicyclic) bond motifs is 5. The minimum atomic E-state index is -0.980. The van der Waals surface area contributed by atoms with Crippen LogP contribution in [0.25, 0.3) is 0 Å². The van der Waals surface area contributed by atoms with Crippen molar-refractivity contribution in [3.63, 3.8) is 0 Å². The fraction of sp³-hybridized carbons (Fsp3) is 0.429. The van der Waals surface area contributed by atoms with Crippen LogP contribution in [-0.4, -0.2) is 29.6 Å². The highest BCUT2D eigenvalue weighted by atomic mass is 16.2. The van der Waals surface area contributed by atoms with Crippen LogP contribution in [0.3, 0.4) is 0 Å². The number of hydrogen-bond acceptors (Lipinski definition) is 3. The average Bonchev–Trinajstić information content (AvgIpc) is 3.55. The van der Waals surface area contributed by atoms with E-state index in [9.17, 15) is 10.1 Å². The van der Waals surface area contributed by atoms with Crippen molar-refractivity contribution in [2.75, 3.05) is 6.54 Å². The Kier molecular flexibility index (Phi) is 7.63. The van der Waals surface area contributed by atoms with Crippen molar-refractivity contribution >= 4 is 6.03 Å². The van der Waals surface area contributed by atoms with Gasteiger partial charge in [-0.3, -0.25) is 4.90 Å². The average molecular weight is 533 g/mol. The van der Waals surface area contributed by atoms with Crippen LogP contribution in [0.2, 0.25) is 0 Å². The van der Waals surface area contributed by atoms with Gasteiger partial charge in [-0.1, -0.05) is 84.9 Å². The Morgan fingerprint density at radius 3 is 1.90 bits per heavy atom. The Hall–Kier alpha value is -3.62. The van der Waals surface area contributed by atoms with Crippen LogP contribution in [0.4, 0.5) is 4.79 Å². The molecule has 40 heavy (non-hydrogen) atoms. The quantitative estimate of drug-likeness (QED) is 0.327. The molecular formula is C35H40N4O. The van der Waals surface area contributed by atoms with E-state index in [0.717, 1.165) is 42.7 Å². The molecule has 5 heteroatoms.